The maximum Gasteiger partial charge on any atom is 0.127 e. The molecule has 0 saturated carbocycles. The van der Waals surface area contributed by atoms with Gasteiger partial charge in [-0.2, -0.15) is 0 Å². The smallest absolute Gasteiger partial charge is 0.127 e. The Morgan fingerprint density at radius 2 is 1.65 bits per heavy atom. The second kappa shape index (κ2) is 7.25. The van der Waals surface area contributed by atoms with Gasteiger partial charge in [0.25, 0.3) is 0 Å². The molecule has 5 heteroatoms. The van der Waals surface area contributed by atoms with Crippen molar-refractivity contribution >= 4 is 12.4 Å². The van der Waals surface area contributed by atoms with E-state index >= 15 is 0 Å². The number of unbranched alkanes of at least 4 members (excludes halogenated alkanes) is 2. The molecule has 0 aromatic heterocycles. The number of halogens is 1. The summed E-state index contributed by atoms with van der Waals surface area (Å²) >= 11 is 0. The number of phenols is 3. The molecular formula is C12H20ClNO3. The lowest BCUT2D eigenvalue weighted by molar-refractivity contribution is 0.407. The van der Waals surface area contributed by atoms with Crippen LogP contribution in [0.4, 0.5) is 0 Å². The first-order valence-corrected chi connectivity index (χ1v) is 5.56. The van der Waals surface area contributed by atoms with Gasteiger partial charge in [0.2, 0.25) is 0 Å². The molecule has 0 saturated heterocycles. The molecule has 5 N–H and O–H groups in total. The van der Waals surface area contributed by atoms with Gasteiger partial charge < -0.3 is 21.1 Å². The fourth-order valence-electron chi connectivity index (χ4n) is 1.75. The van der Waals surface area contributed by atoms with Gasteiger partial charge in [0.05, 0.1) is 5.56 Å². The van der Waals surface area contributed by atoms with Crippen molar-refractivity contribution in [3.63, 3.8) is 0 Å². The molecule has 0 aliphatic heterocycles. The number of hydrogen-bond acceptors (Lipinski definition) is 4. The summed E-state index contributed by atoms with van der Waals surface area (Å²) in [6.45, 7) is 2.10. The van der Waals surface area contributed by atoms with Crippen molar-refractivity contribution in [2.75, 3.05) is 0 Å². The van der Waals surface area contributed by atoms with Crippen LogP contribution in [0.3, 0.4) is 0 Å². The lowest BCUT2D eigenvalue weighted by atomic mass is 9.99. The number of hydrogen-bond donors (Lipinski definition) is 4. The van der Waals surface area contributed by atoms with Crippen LogP contribution in [-0.4, -0.2) is 15.3 Å². The minimum atomic E-state index is -0.396. The number of rotatable bonds is 5. The van der Waals surface area contributed by atoms with Crippen LogP contribution in [0, 0.1) is 0 Å². The van der Waals surface area contributed by atoms with Crippen LogP contribution in [0.1, 0.15) is 44.2 Å². The highest BCUT2D eigenvalue weighted by Gasteiger charge is 2.16. The van der Waals surface area contributed by atoms with E-state index in [9.17, 15) is 10.2 Å². The topological polar surface area (TPSA) is 86.7 Å². The average molecular weight is 262 g/mol. The molecule has 0 aliphatic carbocycles. The number of phenolic OH excluding ortho intramolecular Hbond substituents is 3. The van der Waals surface area contributed by atoms with Crippen LogP contribution in [0.15, 0.2) is 12.1 Å². The molecule has 1 aromatic carbocycles. The summed E-state index contributed by atoms with van der Waals surface area (Å²) in [5, 5.41) is 28.4. The Morgan fingerprint density at radius 3 is 2.12 bits per heavy atom. The summed E-state index contributed by atoms with van der Waals surface area (Å²) in [5.41, 5.74) is 6.20. The van der Waals surface area contributed by atoms with E-state index < -0.39 is 6.04 Å². The van der Waals surface area contributed by atoms with Crippen molar-refractivity contribution in [1.82, 2.24) is 0 Å². The largest absolute Gasteiger partial charge is 0.508 e. The number of benzene rings is 1. The molecule has 0 radical (unpaired) electrons. The predicted octanol–water partition coefficient (Wildman–Crippen LogP) is 2.81. The van der Waals surface area contributed by atoms with Crippen molar-refractivity contribution < 1.29 is 15.3 Å². The van der Waals surface area contributed by atoms with Crippen LogP contribution in [0.25, 0.3) is 0 Å². The van der Waals surface area contributed by atoms with Gasteiger partial charge in [0, 0.05) is 18.2 Å². The highest BCUT2D eigenvalue weighted by Crippen LogP contribution is 2.37. The summed E-state index contributed by atoms with van der Waals surface area (Å²) < 4.78 is 0. The summed E-state index contributed by atoms with van der Waals surface area (Å²) in [6, 6.07) is 1.98. The summed E-state index contributed by atoms with van der Waals surface area (Å²) in [7, 11) is 0. The van der Waals surface area contributed by atoms with Gasteiger partial charge >= 0.3 is 0 Å². The van der Waals surface area contributed by atoms with Crippen molar-refractivity contribution in [2.24, 2.45) is 5.73 Å². The lowest BCUT2D eigenvalue weighted by Gasteiger charge is -2.15. The molecule has 98 valence electrons. The zero-order valence-corrected chi connectivity index (χ0v) is 10.7. The van der Waals surface area contributed by atoms with E-state index in [2.05, 4.69) is 6.92 Å². The second-order valence-electron chi connectivity index (χ2n) is 4.00. The molecule has 4 nitrogen and oxygen atoms in total. The normalized spacial score (nSPS) is 11.9. The van der Waals surface area contributed by atoms with Crippen molar-refractivity contribution in [2.45, 2.75) is 38.6 Å². The lowest BCUT2D eigenvalue weighted by Crippen LogP contribution is -2.10. The average Bonchev–Trinajstić information content (AvgIpc) is 2.16. The quantitative estimate of drug-likeness (QED) is 0.614. The van der Waals surface area contributed by atoms with Crippen LogP contribution >= 0.6 is 12.4 Å². The van der Waals surface area contributed by atoms with E-state index in [0.717, 1.165) is 19.3 Å². The second-order valence-corrected chi connectivity index (χ2v) is 4.00. The fraction of sp³-hybridized carbons (Fsp3) is 0.500. The molecule has 17 heavy (non-hydrogen) atoms. The first-order valence-electron chi connectivity index (χ1n) is 5.56. The van der Waals surface area contributed by atoms with Crippen LogP contribution in [0.2, 0.25) is 0 Å². The minimum absolute atomic E-state index is 0. The molecule has 0 unspecified atom stereocenters. The third kappa shape index (κ3) is 4.32. The molecular weight excluding hydrogens is 242 g/mol. The Morgan fingerprint density at radius 1 is 1.12 bits per heavy atom. The van der Waals surface area contributed by atoms with E-state index in [1.54, 1.807) is 0 Å². The standard InChI is InChI=1S/C12H19NO3.ClH/c1-2-3-4-5-9(13)12-10(15)6-8(14)7-11(12)16;/h6-7,9,14-16H,2-5,13H2,1H3;1H/t9-;/m1./s1. The van der Waals surface area contributed by atoms with Gasteiger partial charge in [0.1, 0.15) is 17.2 Å². The van der Waals surface area contributed by atoms with Crippen LogP contribution in [-0.2, 0) is 0 Å². The Kier molecular flexibility index (Phi) is 6.76. The maximum atomic E-state index is 9.60. The predicted molar refractivity (Wildman–Crippen MR) is 69.8 cm³/mol. The van der Waals surface area contributed by atoms with Crippen molar-refractivity contribution in [3.05, 3.63) is 17.7 Å². The van der Waals surface area contributed by atoms with Crippen LogP contribution < -0.4 is 5.73 Å². The molecule has 1 atom stereocenters. The summed E-state index contributed by atoms with van der Waals surface area (Å²) in [4.78, 5) is 0. The Bertz CT molecular complexity index is 335. The molecule has 0 spiro atoms. The van der Waals surface area contributed by atoms with E-state index in [1.807, 2.05) is 0 Å². The number of nitrogens with two attached hydrogens (primary N) is 1. The molecule has 0 bridgehead atoms. The van der Waals surface area contributed by atoms with Gasteiger partial charge in [-0.05, 0) is 6.42 Å². The molecule has 0 heterocycles. The third-order valence-corrected chi connectivity index (χ3v) is 2.61. The highest BCUT2D eigenvalue weighted by atomic mass is 35.5. The van der Waals surface area contributed by atoms with E-state index in [0.29, 0.717) is 12.0 Å². The fourth-order valence-corrected chi connectivity index (χ4v) is 1.75. The van der Waals surface area contributed by atoms with E-state index in [4.69, 9.17) is 10.8 Å². The number of aromatic hydroxyl groups is 3. The molecule has 1 rings (SSSR count). The Labute approximate surface area is 107 Å². The summed E-state index contributed by atoms with van der Waals surface area (Å²) in [5.74, 6) is -0.470. The minimum Gasteiger partial charge on any atom is -0.508 e. The monoisotopic (exact) mass is 261 g/mol. The van der Waals surface area contributed by atoms with Crippen LogP contribution in [0.5, 0.6) is 17.2 Å². The molecule has 0 aliphatic rings. The van der Waals surface area contributed by atoms with E-state index in [-0.39, 0.29) is 29.7 Å². The van der Waals surface area contributed by atoms with Crippen molar-refractivity contribution in [1.29, 1.82) is 0 Å². The first kappa shape index (κ1) is 15.9. The SMILES string of the molecule is CCCCC[C@@H](N)c1c(O)cc(O)cc1O.Cl. The maximum absolute atomic E-state index is 9.60. The van der Waals surface area contributed by atoms with Gasteiger partial charge in [0.15, 0.2) is 0 Å². The van der Waals surface area contributed by atoms with E-state index in [1.165, 1.54) is 12.1 Å². The molecule has 0 fully saturated rings. The van der Waals surface area contributed by atoms with Gasteiger partial charge in [-0.3, -0.25) is 0 Å². The zero-order chi connectivity index (χ0) is 12.1. The third-order valence-electron chi connectivity index (χ3n) is 2.61. The highest BCUT2D eigenvalue weighted by molar-refractivity contribution is 5.85. The Balaban J connectivity index is 0.00000256. The molecule has 0 amide bonds. The van der Waals surface area contributed by atoms with Gasteiger partial charge in [-0.25, -0.2) is 0 Å². The Hall–Kier alpha value is -1.13. The van der Waals surface area contributed by atoms with Gasteiger partial charge in [-0.15, -0.1) is 12.4 Å². The molecule has 1 aromatic rings. The zero-order valence-electron chi connectivity index (χ0n) is 9.89. The van der Waals surface area contributed by atoms with Crippen molar-refractivity contribution in [3.8, 4) is 17.2 Å². The first-order chi connectivity index (χ1) is 7.56. The summed E-state index contributed by atoms with van der Waals surface area (Å²) in [6.07, 6.45) is 3.84. The van der Waals surface area contributed by atoms with Gasteiger partial charge in [-0.1, -0.05) is 26.2 Å².